The first-order valence-electron chi connectivity index (χ1n) is 6.85. The lowest BCUT2D eigenvalue weighted by atomic mass is 9.74. The predicted octanol–water partition coefficient (Wildman–Crippen LogP) is 2.61. The number of Topliss-reactive ketones (excluding diaryl/α,β-unsaturated/α-hetero) is 1. The summed E-state index contributed by atoms with van der Waals surface area (Å²) < 4.78 is 5.40. The van der Waals surface area contributed by atoms with Gasteiger partial charge in [-0.3, -0.25) is 4.79 Å². The van der Waals surface area contributed by atoms with Crippen LogP contribution in [-0.2, 0) is 9.53 Å². The van der Waals surface area contributed by atoms with Crippen LogP contribution in [0.2, 0.25) is 0 Å². The minimum absolute atomic E-state index is 0.210. The zero-order valence-electron chi connectivity index (χ0n) is 11.6. The number of ether oxygens (including phenoxy) is 1. The molecular formula is C14H23NO3. The maximum Gasteiger partial charge on any atom is 0.410 e. The molecule has 0 radical (unpaired) electrons. The molecule has 1 heterocycles. The van der Waals surface area contributed by atoms with Crippen LogP contribution in [0.3, 0.4) is 0 Å². The van der Waals surface area contributed by atoms with E-state index >= 15 is 0 Å². The van der Waals surface area contributed by atoms with Gasteiger partial charge < -0.3 is 9.64 Å². The average Bonchev–Trinajstić information content (AvgIpc) is 2.26. The van der Waals surface area contributed by atoms with E-state index in [-0.39, 0.29) is 6.09 Å². The fourth-order valence-corrected chi connectivity index (χ4v) is 2.91. The van der Waals surface area contributed by atoms with Gasteiger partial charge in [-0.1, -0.05) is 0 Å². The van der Waals surface area contributed by atoms with E-state index in [1.807, 2.05) is 25.7 Å². The molecule has 1 amide bonds. The van der Waals surface area contributed by atoms with Crippen LogP contribution in [0, 0.1) is 11.8 Å². The summed E-state index contributed by atoms with van der Waals surface area (Å²) in [7, 11) is 0. The Labute approximate surface area is 109 Å². The van der Waals surface area contributed by atoms with Gasteiger partial charge in [-0.2, -0.15) is 0 Å². The van der Waals surface area contributed by atoms with Crippen LogP contribution in [0.15, 0.2) is 0 Å². The fourth-order valence-electron chi connectivity index (χ4n) is 2.91. The molecule has 0 bridgehead atoms. The Morgan fingerprint density at radius 3 is 2.67 bits per heavy atom. The number of fused-ring (bicyclic) bond motifs is 1. The molecule has 2 rings (SSSR count). The van der Waals surface area contributed by atoms with E-state index in [0.29, 0.717) is 30.5 Å². The van der Waals surface area contributed by atoms with Crippen molar-refractivity contribution in [2.24, 2.45) is 11.8 Å². The molecule has 0 unspecified atom stereocenters. The minimum atomic E-state index is -0.434. The highest BCUT2D eigenvalue weighted by atomic mass is 16.6. The van der Waals surface area contributed by atoms with E-state index in [2.05, 4.69) is 0 Å². The lowest BCUT2D eigenvalue weighted by Gasteiger charge is -2.40. The summed E-state index contributed by atoms with van der Waals surface area (Å²) in [5.74, 6) is 1.37. The summed E-state index contributed by atoms with van der Waals surface area (Å²) in [6, 6.07) is 0. The van der Waals surface area contributed by atoms with Crippen molar-refractivity contribution in [3.63, 3.8) is 0 Å². The molecule has 0 aromatic rings. The Bertz CT molecular complexity index is 345. The van der Waals surface area contributed by atoms with Crippen molar-refractivity contribution in [1.82, 2.24) is 4.90 Å². The number of hydrogen-bond donors (Lipinski definition) is 0. The molecule has 1 aliphatic carbocycles. The second-order valence-corrected chi connectivity index (χ2v) is 6.52. The highest BCUT2D eigenvalue weighted by Crippen LogP contribution is 2.35. The summed E-state index contributed by atoms with van der Waals surface area (Å²) >= 11 is 0. The summed E-state index contributed by atoms with van der Waals surface area (Å²) in [6.45, 7) is 7.14. The molecule has 0 aromatic heterocycles. The van der Waals surface area contributed by atoms with Gasteiger partial charge in [0.1, 0.15) is 11.4 Å². The first kappa shape index (κ1) is 13.4. The third kappa shape index (κ3) is 3.24. The second-order valence-electron chi connectivity index (χ2n) is 6.52. The van der Waals surface area contributed by atoms with Crippen molar-refractivity contribution in [2.75, 3.05) is 13.1 Å². The smallest absolute Gasteiger partial charge is 0.410 e. The lowest BCUT2D eigenvalue weighted by Crippen LogP contribution is -2.47. The predicted molar refractivity (Wildman–Crippen MR) is 68.3 cm³/mol. The van der Waals surface area contributed by atoms with E-state index < -0.39 is 5.60 Å². The molecule has 2 aliphatic rings. The third-order valence-corrected chi connectivity index (χ3v) is 3.83. The number of rotatable bonds is 0. The molecule has 4 nitrogen and oxygen atoms in total. The van der Waals surface area contributed by atoms with Gasteiger partial charge in [-0.25, -0.2) is 4.79 Å². The van der Waals surface area contributed by atoms with E-state index in [1.54, 1.807) is 0 Å². The molecule has 2 fully saturated rings. The van der Waals surface area contributed by atoms with Gasteiger partial charge in [0.05, 0.1) is 0 Å². The number of piperidine rings is 1. The Morgan fingerprint density at radius 1 is 1.28 bits per heavy atom. The third-order valence-electron chi connectivity index (χ3n) is 3.83. The van der Waals surface area contributed by atoms with Crippen molar-refractivity contribution in [1.29, 1.82) is 0 Å². The Balaban J connectivity index is 1.91. The molecule has 4 heteroatoms. The zero-order valence-corrected chi connectivity index (χ0v) is 11.6. The molecule has 1 aliphatic heterocycles. The van der Waals surface area contributed by atoms with Crippen molar-refractivity contribution in [3.8, 4) is 0 Å². The normalized spacial score (nSPS) is 28.8. The van der Waals surface area contributed by atoms with Gasteiger partial charge in [-0.05, 0) is 45.4 Å². The van der Waals surface area contributed by atoms with Crippen LogP contribution in [-0.4, -0.2) is 35.5 Å². The zero-order chi connectivity index (χ0) is 13.3. The average molecular weight is 253 g/mol. The number of likely N-dealkylation sites (tertiary alicyclic amines) is 1. The molecule has 0 aromatic carbocycles. The minimum Gasteiger partial charge on any atom is -0.444 e. The van der Waals surface area contributed by atoms with Crippen LogP contribution in [0.25, 0.3) is 0 Å². The van der Waals surface area contributed by atoms with Crippen molar-refractivity contribution >= 4 is 11.9 Å². The number of carbonyl (C=O) groups excluding carboxylic acids is 2. The van der Waals surface area contributed by atoms with Gasteiger partial charge in [0, 0.05) is 25.9 Å². The van der Waals surface area contributed by atoms with Crippen LogP contribution in [0.4, 0.5) is 4.79 Å². The van der Waals surface area contributed by atoms with E-state index in [9.17, 15) is 9.59 Å². The first-order valence-corrected chi connectivity index (χ1v) is 6.85. The maximum atomic E-state index is 12.0. The summed E-state index contributed by atoms with van der Waals surface area (Å²) in [5, 5.41) is 0. The summed E-state index contributed by atoms with van der Waals surface area (Å²) in [4.78, 5) is 25.2. The van der Waals surface area contributed by atoms with Gasteiger partial charge in [0.25, 0.3) is 0 Å². The number of hydrogen-bond acceptors (Lipinski definition) is 3. The SMILES string of the molecule is CC(C)(C)OC(=O)N1CC[C@H]2CC(=O)CC[C@@H]2C1. The quantitative estimate of drug-likeness (QED) is 0.666. The van der Waals surface area contributed by atoms with E-state index in [4.69, 9.17) is 4.74 Å². The van der Waals surface area contributed by atoms with Crippen LogP contribution >= 0.6 is 0 Å². The summed E-state index contributed by atoms with van der Waals surface area (Å²) in [6.07, 6.45) is 3.06. The number of ketones is 1. The fraction of sp³-hybridized carbons (Fsp3) is 0.857. The van der Waals surface area contributed by atoms with Crippen LogP contribution in [0.1, 0.15) is 46.5 Å². The number of carbonyl (C=O) groups is 2. The summed E-state index contributed by atoms with van der Waals surface area (Å²) in [5.41, 5.74) is -0.434. The largest absolute Gasteiger partial charge is 0.444 e. The van der Waals surface area contributed by atoms with E-state index in [0.717, 1.165) is 25.9 Å². The van der Waals surface area contributed by atoms with Crippen molar-refractivity contribution in [2.45, 2.75) is 52.1 Å². The number of amides is 1. The molecule has 1 saturated carbocycles. The molecular weight excluding hydrogens is 230 g/mol. The van der Waals surface area contributed by atoms with Crippen LogP contribution in [0.5, 0.6) is 0 Å². The maximum absolute atomic E-state index is 12.0. The molecule has 2 atom stereocenters. The van der Waals surface area contributed by atoms with Gasteiger partial charge in [-0.15, -0.1) is 0 Å². The Hall–Kier alpha value is -1.06. The van der Waals surface area contributed by atoms with Crippen LogP contribution < -0.4 is 0 Å². The van der Waals surface area contributed by atoms with Gasteiger partial charge >= 0.3 is 6.09 Å². The van der Waals surface area contributed by atoms with Crippen molar-refractivity contribution in [3.05, 3.63) is 0 Å². The Morgan fingerprint density at radius 2 is 2.00 bits per heavy atom. The van der Waals surface area contributed by atoms with Gasteiger partial charge in [0.15, 0.2) is 0 Å². The van der Waals surface area contributed by atoms with Crippen molar-refractivity contribution < 1.29 is 14.3 Å². The highest BCUT2D eigenvalue weighted by Gasteiger charge is 2.36. The molecule has 0 N–H and O–H groups in total. The lowest BCUT2D eigenvalue weighted by molar-refractivity contribution is -0.123. The second kappa shape index (κ2) is 4.90. The Kier molecular flexibility index (Phi) is 3.64. The first-order chi connectivity index (χ1) is 8.35. The molecule has 102 valence electrons. The highest BCUT2D eigenvalue weighted by molar-refractivity contribution is 5.79. The molecule has 1 saturated heterocycles. The molecule has 0 spiro atoms. The number of nitrogens with zero attached hydrogens (tertiary/aromatic N) is 1. The standard InChI is InChI=1S/C14H23NO3/c1-14(2,3)18-13(17)15-7-6-10-8-12(16)5-4-11(10)9-15/h10-11H,4-9H2,1-3H3/t10-,11+/m0/s1. The molecule has 18 heavy (non-hydrogen) atoms. The topological polar surface area (TPSA) is 46.6 Å². The van der Waals surface area contributed by atoms with Gasteiger partial charge in [0.2, 0.25) is 0 Å². The van der Waals surface area contributed by atoms with E-state index in [1.165, 1.54) is 0 Å². The monoisotopic (exact) mass is 253 g/mol.